The summed E-state index contributed by atoms with van der Waals surface area (Å²) in [6.07, 6.45) is 4.39. The van der Waals surface area contributed by atoms with Crippen molar-refractivity contribution in [3.8, 4) is 0 Å². The van der Waals surface area contributed by atoms with Gasteiger partial charge in [0.1, 0.15) is 0 Å². The first-order valence-corrected chi connectivity index (χ1v) is 9.53. The smallest absolute Gasteiger partial charge is 0.267 e. The summed E-state index contributed by atoms with van der Waals surface area (Å²) < 4.78 is 0. The van der Waals surface area contributed by atoms with Crippen molar-refractivity contribution < 1.29 is 4.79 Å². The fourth-order valence-corrected chi connectivity index (χ4v) is 3.66. The molecule has 24 heavy (non-hydrogen) atoms. The lowest BCUT2D eigenvalue weighted by molar-refractivity contribution is 0.0954. The van der Waals surface area contributed by atoms with E-state index >= 15 is 0 Å². The minimum Gasteiger partial charge on any atom is -0.267 e. The second-order valence-corrected chi connectivity index (χ2v) is 6.99. The van der Waals surface area contributed by atoms with E-state index in [-0.39, 0.29) is 5.91 Å². The largest absolute Gasteiger partial charge is 0.271 e. The molecule has 0 saturated heterocycles. The molecule has 0 aromatic heterocycles. The molecule has 2 aromatic carbocycles. The standard InChI is InChI=1S/C20H22N2OS/c23-20(22-21-19-8-4-5-9-19)18-12-10-17(11-13-18)15-24-14-16-6-2-1-3-7-16/h1-3,6-7,10-13H,4-5,8-9,14-15H2,(H,22,23). The molecule has 0 bridgehead atoms. The van der Waals surface area contributed by atoms with Gasteiger partial charge in [-0.15, -0.1) is 0 Å². The number of benzene rings is 2. The Bertz CT molecular complexity index is 687. The maximum absolute atomic E-state index is 12.1. The highest BCUT2D eigenvalue weighted by atomic mass is 32.2. The average Bonchev–Trinajstić information content (AvgIpc) is 3.15. The second kappa shape index (κ2) is 8.69. The van der Waals surface area contributed by atoms with Crippen LogP contribution in [0.4, 0.5) is 0 Å². The van der Waals surface area contributed by atoms with Gasteiger partial charge in [-0.25, -0.2) is 5.43 Å². The number of thioether (sulfide) groups is 1. The molecule has 2 aromatic rings. The van der Waals surface area contributed by atoms with Gasteiger partial charge in [0.25, 0.3) is 5.91 Å². The minimum atomic E-state index is -0.127. The van der Waals surface area contributed by atoms with Crippen LogP contribution in [0.1, 0.15) is 47.2 Å². The molecule has 124 valence electrons. The summed E-state index contributed by atoms with van der Waals surface area (Å²) in [5.74, 6) is 1.82. The van der Waals surface area contributed by atoms with Crippen molar-refractivity contribution in [3.63, 3.8) is 0 Å². The number of nitrogens with one attached hydrogen (secondary N) is 1. The maximum Gasteiger partial charge on any atom is 0.271 e. The van der Waals surface area contributed by atoms with Crippen LogP contribution in [0.2, 0.25) is 0 Å². The second-order valence-electron chi connectivity index (χ2n) is 6.00. The van der Waals surface area contributed by atoms with Gasteiger partial charge in [-0.05, 0) is 48.9 Å². The van der Waals surface area contributed by atoms with Gasteiger partial charge >= 0.3 is 0 Å². The Labute approximate surface area is 147 Å². The van der Waals surface area contributed by atoms with E-state index in [1.165, 1.54) is 24.0 Å². The van der Waals surface area contributed by atoms with Crippen molar-refractivity contribution in [1.29, 1.82) is 0 Å². The van der Waals surface area contributed by atoms with Crippen molar-refractivity contribution in [1.82, 2.24) is 5.43 Å². The first-order chi connectivity index (χ1) is 11.8. The van der Waals surface area contributed by atoms with Crippen LogP contribution < -0.4 is 5.43 Å². The SMILES string of the molecule is O=C(NN=C1CCCC1)c1ccc(CSCc2ccccc2)cc1. The van der Waals surface area contributed by atoms with E-state index in [4.69, 9.17) is 0 Å². The number of rotatable bonds is 6. The number of carbonyl (C=O) groups excluding carboxylic acids is 1. The van der Waals surface area contributed by atoms with E-state index in [1.807, 2.05) is 42.1 Å². The van der Waals surface area contributed by atoms with Crippen LogP contribution in [-0.4, -0.2) is 11.6 Å². The van der Waals surface area contributed by atoms with Crippen molar-refractivity contribution in [2.45, 2.75) is 37.2 Å². The molecule has 1 amide bonds. The predicted molar refractivity (Wildman–Crippen MR) is 101 cm³/mol. The molecule has 1 saturated carbocycles. The Morgan fingerprint density at radius 1 is 0.917 bits per heavy atom. The Morgan fingerprint density at radius 3 is 2.21 bits per heavy atom. The summed E-state index contributed by atoms with van der Waals surface area (Å²) in [4.78, 5) is 12.1. The zero-order chi connectivity index (χ0) is 16.6. The van der Waals surface area contributed by atoms with Gasteiger partial charge in [0.05, 0.1) is 0 Å². The van der Waals surface area contributed by atoms with E-state index in [0.717, 1.165) is 30.1 Å². The molecule has 0 radical (unpaired) electrons. The van der Waals surface area contributed by atoms with Crippen LogP contribution in [0.15, 0.2) is 59.7 Å². The van der Waals surface area contributed by atoms with E-state index in [0.29, 0.717) is 5.56 Å². The molecule has 3 nitrogen and oxygen atoms in total. The summed E-state index contributed by atoms with van der Waals surface area (Å²) in [7, 11) is 0. The third-order valence-corrected chi connectivity index (χ3v) is 5.17. The molecule has 0 spiro atoms. The highest BCUT2D eigenvalue weighted by molar-refractivity contribution is 7.97. The Balaban J connectivity index is 1.47. The van der Waals surface area contributed by atoms with Gasteiger partial charge in [0.15, 0.2) is 0 Å². The van der Waals surface area contributed by atoms with Gasteiger partial charge in [0, 0.05) is 22.8 Å². The van der Waals surface area contributed by atoms with Gasteiger partial charge in [-0.1, -0.05) is 42.5 Å². The van der Waals surface area contributed by atoms with Gasteiger partial charge in [-0.3, -0.25) is 4.79 Å². The lowest BCUT2D eigenvalue weighted by Gasteiger charge is -2.05. The summed E-state index contributed by atoms with van der Waals surface area (Å²) in [5, 5.41) is 4.22. The zero-order valence-corrected chi connectivity index (χ0v) is 14.5. The quantitative estimate of drug-likeness (QED) is 0.770. The lowest BCUT2D eigenvalue weighted by atomic mass is 10.1. The van der Waals surface area contributed by atoms with Crippen molar-refractivity contribution >= 4 is 23.4 Å². The van der Waals surface area contributed by atoms with E-state index in [9.17, 15) is 4.79 Å². The van der Waals surface area contributed by atoms with E-state index in [2.05, 4.69) is 34.8 Å². The third kappa shape index (κ3) is 4.96. The average molecular weight is 338 g/mol. The van der Waals surface area contributed by atoms with Gasteiger partial charge < -0.3 is 0 Å². The van der Waals surface area contributed by atoms with Crippen LogP contribution in [0.3, 0.4) is 0 Å². The number of carbonyl (C=O) groups is 1. The predicted octanol–water partition coefficient (Wildman–Crippen LogP) is 4.78. The molecule has 0 heterocycles. The van der Waals surface area contributed by atoms with Crippen molar-refractivity contribution in [2.24, 2.45) is 5.10 Å². The first-order valence-electron chi connectivity index (χ1n) is 8.37. The molecule has 0 aliphatic heterocycles. The molecule has 1 fully saturated rings. The lowest BCUT2D eigenvalue weighted by Crippen LogP contribution is -2.19. The molecule has 3 rings (SSSR count). The Hall–Kier alpha value is -2.07. The number of amides is 1. The van der Waals surface area contributed by atoms with Gasteiger partial charge in [-0.2, -0.15) is 16.9 Å². The molecule has 1 aliphatic carbocycles. The molecule has 0 atom stereocenters. The molecule has 4 heteroatoms. The number of hydrogen-bond acceptors (Lipinski definition) is 3. The monoisotopic (exact) mass is 338 g/mol. The van der Waals surface area contributed by atoms with Gasteiger partial charge in [0.2, 0.25) is 0 Å². The molecular weight excluding hydrogens is 316 g/mol. The highest BCUT2D eigenvalue weighted by Gasteiger charge is 2.09. The van der Waals surface area contributed by atoms with Crippen LogP contribution in [0.5, 0.6) is 0 Å². The van der Waals surface area contributed by atoms with Crippen LogP contribution in [0, 0.1) is 0 Å². The number of nitrogens with zero attached hydrogens (tertiary/aromatic N) is 1. The minimum absolute atomic E-state index is 0.127. The van der Waals surface area contributed by atoms with E-state index < -0.39 is 0 Å². The van der Waals surface area contributed by atoms with Crippen LogP contribution >= 0.6 is 11.8 Å². The molecule has 1 N–H and O–H groups in total. The highest BCUT2D eigenvalue weighted by Crippen LogP contribution is 2.18. The zero-order valence-electron chi connectivity index (χ0n) is 13.7. The number of hydrogen-bond donors (Lipinski definition) is 1. The fraction of sp³-hybridized carbons (Fsp3) is 0.300. The first kappa shape index (κ1) is 16.8. The summed E-state index contributed by atoms with van der Waals surface area (Å²) in [6.45, 7) is 0. The Kier molecular flexibility index (Phi) is 6.07. The van der Waals surface area contributed by atoms with Crippen molar-refractivity contribution in [3.05, 3.63) is 71.3 Å². The van der Waals surface area contributed by atoms with E-state index in [1.54, 1.807) is 0 Å². The fourth-order valence-electron chi connectivity index (χ4n) is 2.70. The summed E-state index contributed by atoms with van der Waals surface area (Å²) in [5.41, 5.74) is 7.01. The summed E-state index contributed by atoms with van der Waals surface area (Å²) >= 11 is 1.88. The molecular formula is C20H22N2OS. The normalized spacial score (nSPS) is 13.8. The summed E-state index contributed by atoms with van der Waals surface area (Å²) in [6, 6.07) is 18.3. The Morgan fingerprint density at radius 2 is 1.54 bits per heavy atom. The maximum atomic E-state index is 12.1. The molecule has 1 aliphatic rings. The molecule has 0 unspecified atom stereocenters. The topological polar surface area (TPSA) is 41.5 Å². The van der Waals surface area contributed by atoms with Crippen LogP contribution in [-0.2, 0) is 11.5 Å². The third-order valence-electron chi connectivity index (χ3n) is 4.09. The van der Waals surface area contributed by atoms with Crippen molar-refractivity contribution in [2.75, 3.05) is 0 Å². The number of hydrazone groups is 1. The van der Waals surface area contributed by atoms with Crippen LogP contribution in [0.25, 0.3) is 0 Å².